The van der Waals surface area contributed by atoms with E-state index in [4.69, 9.17) is 4.74 Å². The van der Waals surface area contributed by atoms with Crippen LogP contribution in [-0.2, 0) is 26.2 Å². The van der Waals surface area contributed by atoms with Gasteiger partial charge in [-0.1, -0.05) is 42.5 Å². The van der Waals surface area contributed by atoms with Crippen LogP contribution in [-0.4, -0.2) is 56.0 Å². The van der Waals surface area contributed by atoms with Gasteiger partial charge >= 0.3 is 0 Å². The molecule has 4 rings (SSSR count). The first kappa shape index (κ1) is 23.3. The van der Waals surface area contributed by atoms with Crippen LogP contribution in [0.5, 0.6) is 5.75 Å². The molecule has 33 heavy (non-hydrogen) atoms. The van der Waals surface area contributed by atoms with E-state index >= 15 is 0 Å². The molecule has 9 heteroatoms. The van der Waals surface area contributed by atoms with E-state index in [0.717, 1.165) is 5.56 Å². The number of hydrogen-bond acceptors (Lipinski definition) is 5. The zero-order valence-corrected chi connectivity index (χ0v) is 19.5. The molecule has 8 nitrogen and oxygen atoms in total. The van der Waals surface area contributed by atoms with Crippen molar-refractivity contribution < 1.29 is 22.7 Å². The molecule has 2 aromatic carbocycles. The fraction of sp³-hybridized carbons (Fsp3) is 0.417. The van der Waals surface area contributed by atoms with Crippen LogP contribution in [0.15, 0.2) is 54.6 Å². The molecule has 0 aromatic heterocycles. The van der Waals surface area contributed by atoms with Crippen molar-refractivity contribution in [2.75, 3.05) is 30.3 Å². The lowest BCUT2D eigenvalue weighted by Gasteiger charge is -2.38. The SMILES string of the molecule is CCS(=O)(=O)N1CCC[C@H](C(=O)N2C[C@H](C(=O)NCc3ccccc3)Oc3ccccc32)C1. The minimum Gasteiger partial charge on any atom is -0.477 e. The molecule has 0 saturated carbocycles. The lowest BCUT2D eigenvalue weighted by molar-refractivity contribution is -0.129. The Morgan fingerprint density at radius 3 is 2.55 bits per heavy atom. The molecule has 0 spiro atoms. The minimum absolute atomic E-state index is 0.0119. The Bertz CT molecular complexity index is 1110. The highest BCUT2D eigenvalue weighted by Crippen LogP contribution is 2.35. The molecule has 0 unspecified atom stereocenters. The van der Waals surface area contributed by atoms with Gasteiger partial charge < -0.3 is 15.0 Å². The second-order valence-electron chi connectivity index (χ2n) is 8.32. The average molecular weight is 472 g/mol. The molecule has 0 radical (unpaired) electrons. The van der Waals surface area contributed by atoms with E-state index < -0.39 is 22.0 Å². The molecule has 2 heterocycles. The van der Waals surface area contributed by atoms with Crippen molar-refractivity contribution in [3.05, 3.63) is 60.2 Å². The summed E-state index contributed by atoms with van der Waals surface area (Å²) in [6.45, 7) is 2.65. The number of sulfonamides is 1. The smallest absolute Gasteiger partial charge is 0.263 e. The highest BCUT2D eigenvalue weighted by atomic mass is 32.2. The molecular formula is C24H29N3O5S. The predicted octanol–water partition coefficient (Wildman–Crippen LogP) is 2.16. The number of carbonyl (C=O) groups excluding carboxylic acids is 2. The van der Waals surface area contributed by atoms with Gasteiger partial charge in [0.1, 0.15) is 5.75 Å². The van der Waals surface area contributed by atoms with Crippen molar-refractivity contribution in [1.82, 2.24) is 9.62 Å². The maximum Gasteiger partial charge on any atom is 0.263 e. The number of hydrogen-bond donors (Lipinski definition) is 1. The van der Waals surface area contributed by atoms with Gasteiger partial charge in [-0.05, 0) is 37.5 Å². The Kier molecular flexibility index (Phi) is 6.99. The third-order valence-corrected chi connectivity index (χ3v) is 7.98. The maximum atomic E-state index is 13.5. The van der Waals surface area contributed by atoms with Crippen molar-refractivity contribution in [2.45, 2.75) is 32.4 Å². The minimum atomic E-state index is -3.36. The molecule has 176 valence electrons. The van der Waals surface area contributed by atoms with Crippen LogP contribution in [0.1, 0.15) is 25.3 Å². The van der Waals surface area contributed by atoms with Crippen LogP contribution < -0.4 is 15.0 Å². The van der Waals surface area contributed by atoms with E-state index in [-0.39, 0.29) is 30.7 Å². The zero-order chi connectivity index (χ0) is 23.4. The zero-order valence-electron chi connectivity index (χ0n) is 18.6. The second-order valence-corrected chi connectivity index (χ2v) is 10.6. The normalized spacial score (nSPS) is 21.1. The summed E-state index contributed by atoms with van der Waals surface area (Å²) < 4.78 is 32.1. The summed E-state index contributed by atoms with van der Waals surface area (Å²) in [6, 6.07) is 16.7. The molecule has 2 aliphatic rings. The molecule has 2 amide bonds. The highest BCUT2D eigenvalue weighted by molar-refractivity contribution is 7.89. The summed E-state index contributed by atoms with van der Waals surface area (Å²) in [7, 11) is -3.36. The first-order valence-corrected chi connectivity index (χ1v) is 12.9. The van der Waals surface area contributed by atoms with Gasteiger partial charge in [-0.2, -0.15) is 0 Å². The monoisotopic (exact) mass is 471 g/mol. The number of nitrogens with zero attached hydrogens (tertiary/aromatic N) is 2. The summed E-state index contributed by atoms with van der Waals surface area (Å²) in [4.78, 5) is 28.0. The van der Waals surface area contributed by atoms with E-state index in [2.05, 4.69) is 5.32 Å². The average Bonchev–Trinajstić information content (AvgIpc) is 2.86. The molecular weight excluding hydrogens is 442 g/mol. The van der Waals surface area contributed by atoms with Crippen LogP contribution in [0.3, 0.4) is 0 Å². The fourth-order valence-electron chi connectivity index (χ4n) is 4.28. The number of para-hydroxylation sites is 2. The number of benzene rings is 2. The van der Waals surface area contributed by atoms with Crippen molar-refractivity contribution in [2.24, 2.45) is 5.92 Å². The van der Waals surface area contributed by atoms with Gasteiger partial charge in [-0.15, -0.1) is 0 Å². The number of nitrogens with one attached hydrogen (secondary N) is 1. The number of rotatable bonds is 6. The van der Waals surface area contributed by atoms with E-state index in [1.54, 1.807) is 30.0 Å². The Morgan fingerprint density at radius 2 is 1.79 bits per heavy atom. The first-order chi connectivity index (χ1) is 15.9. The van der Waals surface area contributed by atoms with Gasteiger partial charge in [-0.3, -0.25) is 9.59 Å². The van der Waals surface area contributed by atoms with Crippen LogP contribution in [0.2, 0.25) is 0 Å². The maximum absolute atomic E-state index is 13.5. The van der Waals surface area contributed by atoms with E-state index in [9.17, 15) is 18.0 Å². The molecule has 1 N–H and O–H groups in total. The van der Waals surface area contributed by atoms with E-state index in [1.807, 2.05) is 36.4 Å². The van der Waals surface area contributed by atoms with Crippen LogP contribution in [0.4, 0.5) is 5.69 Å². The Morgan fingerprint density at radius 1 is 1.06 bits per heavy atom. The summed E-state index contributed by atoms with van der Waals surface area (Å²) in [5.74, 6) is -0.463. The quantitative estimate of drug-likeness (QED) is 0.697. The van der Waals surface area contributed by atoms with Crippen LogP contribution in [0, 0.1) is 5.92 Å². The number of carbonyl (C=O) groups is 2. The standard InChI is InChI=1S/C24H29N3O5S/c1-2-33(30,31)26-14-8-11-19(16-26)24(29)27-17-22(32-21-13-7-6-12-20(21)27)23(28)25-15-18-9-4-3-5-10-18/h3-7,9-10,12-13,19,22H,2,8,11,14-17H2,1H3,(H,25,28)/t19-,22+/m0/s1. The van der Waals surface area contributed by atoms with Gasteiger partial charge in [0.15, 0.2) is 6.10 Å². The molecule has 1 saturated heterocycles. The van der Waals surface area contributed by atoms with Crippen molar-refractivity contribution in [1.29, 1.82) is 0 Å². The second kappa shape index (κ2) is 9.93. The first-order valence-electron chi connectivity index (χ1n) is 11.3. The Hall–Kier alpha value is -2.91. The number of ether oxygens (including phenoxy) is 1. The largest absolute Gasteiger partial charge is 0.477 e. The molecule has 2 aromatic rings. The summed E-state index contributed by atoms with van der Waals surface area (Å²) in [5.41, 5.74) is 1.57. The topological polar surface area (TPSA) is 96.0 Å². The number of anilines is 1. The lowest BCUT2D eigenvalue weighted by Crippen LogP contribution is -2.54. The fourth-order valence-corrected chi connectivity index (χ4v) is 5.46. The molecule has 2 atom stereocenters. The van der Waals surface area contributed by atoms with E-state index in [1.165, 1.54) is 4.31 Å². The van der Waals surface area contributed by atoms with Gasteiger partial charge in [0.25, 0.3) is 5.91 Å². The lowest BCUT2D eigenvalue weighted by atomic mass is 9.97. The molecule has 0 aliphatic carbocycles. The number of amides is 2. The number of fused-ring (bicyclic) bond motifs is 1. The van der Waals surface area contributed by atoms with E-state index in [0.29, 0.717) is 37.4 Å². The highest BCUT2D eigenvalue weighted by Gasteiger charge is 2.39. The summed E-state index contributed by atoms with van der Waals surface area (Å²) >= 11 is 0. The third-order valence-electron chi connectivity index (χ3n) is 6.13. The summed E-state index contributed by atoms with van der Waals surface area (Å²) in [5, 5.41) is 2.88. The van der Waals surface area contributed by atoms with Gasteiger partial charge in [-0.25, -0.2) is 12.7 Å². The van der Waals surface area contributed by atoms with Gasteiger partial charge in [0.05, 0.1) is 23.9 Å². The molecule has 2 aliphatic heterocycles. The predicted molar refractivity (Wildman–Crippen MR) is 125 cm³/mol. The third kappa shape index (κ3) is 5.20. The van der Waals surface area contributed by atoms with Crippen molar-refractivity contribution in [3.63, 3.8) is 0 Å². The van der Waals surface area contributed by atoms with Crippen LogP contribution in [0.25, 0.3) is 0 Å². The van der Waals surface area contributed by atoms with Crippen LogP contribution >= 0.6 is 0 Å². The Labute approximate surface area is 194 Å². The number of piperidine rings is 1. The van der Waals surface area contributed by atoms with Gasteiger partial charge in [0, 0.05) is 19.6 Å². The Balaban J connectivity index is 1.50. The van der Waals surface area contributed by atoms with Crippen molar-refractivity contribution >= 4 is 27.5 Å². The van der Waals surface area contributed by atoms with Gasteiger partial charge in [0.2, 0.25) is 15.9 Å². The summed E-state index contributed by atoms with van der Waals surface area (Å²) in [6.07, 6.45) is 0.383. The van der Waals surface area contributed by atoms with Crippen molar-refractivity contribution in [3.8, 4) is 5.75 Å². The molecule has 0 bridgehead atoms. The molecule has 1 fully saturated rings.